The Labute approximate surface area is 200 Å². The van der Waals surface area contributed by atoms with Crippen LogP contribution in [0.25, 0.3) is 0 Å². The van der Waals surface area contributed by atoms with Gasteiger partial charge in [-0.25, -0.2) is 4.39 Å². The van der Waals surface area contributed by atoms with E-state index in [1.807, 2.05) is 0 Å². The summed E-state index contributed by atoms with van der Waals surface area (Å²) in [6.45, 7) is 1.41. The fraction of sp³-hybridized carbons (Fsp3) is 0.364. The molecule has 0 spiro atoms. The van der Waals surface area contributed by atoms with Crippen LogP contribution in [0.4, 0.5) is 21.7 Å². The average Bonchev–Trinajstić information content (AvgIpc) is 3.34. The molecule has 1 fully saturated rings. The van der Waals surface area contributed by atoms with Crippen LogP contribution in [0.1, 0.15) is 18.4 Å². The van der Waals surface area contributed by atoms with Crippen molar-refractivity contribution in [3.63, 3.8) is 0 Å². The molecule has 2 aromatic carbocycles. The molecule has 178 valence electrons. The number of anilines is 3. The Morgan fingerprint density at radius 3 is 2.76 bits per heavy atom. The van der Waals surface area contributed by atoms with E-state index < -0.39 is 11.6 Å². The van der Waals surface area contributed by atoms with Crippen LogP contribution in [0.3, 0.4) is 0 Å². The number of ether oxygens (including phenoxy) is 1. The number of nitrogens with two attached hydrogens (primary N) is 1. The zero-order valence-electron chi connectivity index (χ0n) is 18.2. The third kappa shape index (κ3) is 4.75. The number of hydrogen-bond donors (Lipinski definition) is 4. The third-order valence-corrected chi connectivity index (χ3v) is 6.54. The molecule has 3 aromatic rings. The van der Waals surface area contributed by atoms with Crippen LogP contribution < -0.4 is 21.1 Å². The number of benzene rings is 2. The molecule has 0 saturated carbocycles. The van der Waals surface area contributed by atoms with Gasteiger partial charge in [0.1, 0.15) is 11.6 Å². The maximum absolute atomic E-state index is 13.2. The van der Waals surface area contributed by atoms with Gasteiger partial charge in [0.25, 0.3) is 11.9 Å². The number of aromatic nitrogens is 4. The van der Waals surface area contributed by atoms with E-state index in [-0.39, 0.29) is 17.7 Å². The maximum atomic E-state index is 13.2. The Kier molecular flexibility index (Phi) is 5.96. The van der Waals surface area contributed by atoms with Crippen molar-refractivity contribution in [2.45, 2.75) is 30.9 Å². The van der Waals surface area contributed by atoms with E-state index in [0.29, 0.717) is 61.0 Å². The van der Waals surface area contributed by atoms with Gasteiger partial charge in [0.15, 0.2) is 6.10 Å². The number of nitrogens with zero attached hydrogens (tertiary/aromatic N) is 4. The largest absolute Gasteiger partial charge is 0.476 e. The molecule has 3 heterocycles. The fourth-order valence-corrected chi connectivity index (χ4v) is 4.53. The molecule has 1 atom stereocenters. The average molecular weight is 487 g/mol. The lowest BCUT2D eigenvalue weighted by atomic mass is 9.82. The molecule has 0 bridgehead atoms. The van der Waals surface area contributed by atoms with Crippen LogP contribution in [-0.4, -0.2) is 62.7 Å². The van der Waals surface area contributed by atoms with Crippen molar-refractivity contribution in [2.75, 3.05) is 30.3 Å². The standard InChI is InChI=1S/C22H24ClFN8O2/c23-15-9-17-18(10-16(15)27-21-28-30-31-29-21)34-19(12-26-17)20(33)32-7-5-22(25,6-8-32)11-13-1-3-14(24)4-2-13/h1-4,9-10,19,26H,5-8,11-12,25H2,(H2,27,28,29,30,31). The number of amides is 1. The molecule has 12 heteroatoms. The summed E-state index contributed by atoms with van der Waals surface area (Å²) in [4.78, 5) is 15.0. The molecular formula is C22H24ClFN8O2. The summed E-state index contributed by atoms with van der Waals surface area (Å²) in [5, 5.41) is 20.2. The zero-order valence-corrected chi connectivity index (χ0v) is 19.0. The van der Waals surface area contributed by atoms with E-state index in [0.717, 1.165) is 5.56 Å². The smallest absolute Gasteiger partial charge is 0.267 e. The molecule has 0 aliphatic carbocycles. The summed E-state index contributed by atoms with van der Waals surface area (Å²) in [6, 6.07) is 9.82. The first-order valence-electron chi connectivity index (χ1n) is 11.0. The molecule has 10 nitrogen and oxygen atoms in total. The number of nitrogens with one attached hydrogen (secondary N) is 3. The zero-order chi connectivity index (χ0) is 23.7. The summed E-state index contributed by atoms with van der Waals surface area (Å²) in [5.74, 6) is 0.404. The minimum absolute atomic E-state index is 0.0930. The van der Waals surface area contributed by atoms with Gasteiger partial charge in [-0.1, -0.05) is 28.8 Å². The fourth-order valence-electron chi connectivity index (χ4n) is 4.32. The second-order valence-corrected chi connectivity index (χ2v) is 9.07. The molecular weight excluding hydrogens is 463 g/mol. The number of carbonyl (C=O) groups excluding carboxylic acids is 1. The molecule has 1 aromatic heterocycles. The highest BCUT2D eigenvalue weighted by atomic mass is 35.5. The van der Waals surface area contributed by atoms with Crippen molar-refractivity contribution in [1.29, 1.82) is 0 Å². The van der Waals surface area contributed by atoms with Gasteiger partial charge >= 0.3 is 0 Å². The van der Waals surface area contributed by atoms with Gasteiger partial charge < -0.3 is 26.0 Å². The number of aromatic amines is 1. The van der Waals surface area contributed by atoms with Crippen LogP contribution in [0.15, 0.2) is 36.4 Å². The normalized spacial score (nSPS) is 19.0. The molecule has 2 aliphatic rings. The van der Waals surface area contributed by atoms with Gasteiger partial charge in [-0.3, -0.25) is 4.79 Å². The molecule has 1 saturated heterocycles. The van der Waals surface area contributed by atoms with Crippen LogP contribution in [0.5, 0.6) is 5.75 Å². The highest BCUT2D eigenvalue weighted by Gasteiger charge is 2.36. The van der Waals surface area contributed by atoms with Crippen molar-refractivity contribution < 1.29 is 13.9 Å². The Balaban J connectivity index is 1.21. The number of halogens is 2. The lowest BCUT2D eigenvalue weighted by Crippen LogP contribution is -2.56. The molecule has 34 heavy (non-hydrogen) atoms. The van der Waals surface area contributed by atoms with E-state index >= 15 is 0 Å². The van der Waals surface area contributed by atoms with Gasteiger partial charge in [0.05, 0.1) is 22.9 Å². The Hall–Kier alpha value is -3.44. The highest BCUT2D eigenvalue weighted by Crippen LogP contribution is 2.38. The minimum atomic E-state index is -0.672. The van der Waals surface area contributed by atoms with Crippen molar-refractivity contribution in [3.05, 3.63) is 52.8 Å². The molecule has 2 aliphatic heterocycles. The van der Waals surface area contributed by atoms with Gasteiger partial charge in [0.2, 0.25) is 0 Å². The number of tetrazole rings is 1. The second-order valence-electron chi connectivity index (χ2n) is 8.67. The number of carbonyl (C=O) groups is 1. The van der Waals surface area contributed by atoms with E-state index in [1.54, 1.807) is 29.2 Å². The summed E-state index contributed by atoms with van der Waals surface area (Å²) >= 11 is 6.34. The van der Waals surface area contributed by atoms with Crippen LogP contribution >= 0.6 is 11.6 Å². The molecule has 5 rings (SSSR count). The number of H-pyrrole nitrogens is 1. The molecule has 5 N–H and O–H groups in total. The second kappa shape index (κ2) is 9.07. The summed E-state index contributed by atoms with van der Waals surface area (Å²) in [5.41, 5.74) is 8.40. The van der Waals surface area contributed by atoms with Crippen LogP contribution in [0, 0.1) is 5.82 Å². The van der Waals surface area contributed by atoms with Crippen molar-refractivity contribution in [3.8, 4) is 5.75 Å². The Morgan fingerprint density at radius 2 is 2.06 bits per heavy atom. The Morgan fingerprint density at radius 1 is 1.29 bits per heavy atom. The van der Waals surface area contributed by atoms with Crippen molar-refractivity contribution >= 4 is 34.8 Å². The van der Waals surface area contributed by atoms with Gasteiger partial charge in [-0.2, -0.15) is 5.21 Å². The number of hydrogen-bond acceptors (Lipinski definition) is 8. The number of rotatable bonds is 5. The molecule has 1 unspecified atom stereocenters. The van der Waals surface area contributed by atoms with Gasteiger partial charge in [0, 0.05) is 24.7 Å². The minimum Gasteiger partial charge on any atom is -0.476 e. The van der Waals surface area contributed by atoms with E-state index in [1.165, 1.54) is 12.1 Å². The SMILES string of the molecule is NC1(Cc2ccc(F)cc2)CCN(C(=O)C2CNc3cc(Cl)c(Nc4nn[nH]n4)cc3O2)CC1. The number of likely N-dealkylation sites (tertiary alicyclic amines) is 1. The van der Waals surface area contributed by atoms with E-state index in [2.05, 4.69) is 31.3 Å². The first-order chi connectivity index (χ1) is 16.4. The maximum Gasteiger partial charge on any atom is 0.267 e. The van der Waals surface area contributed by atoms with Crippen LogP contribution in [0.2, 0.25) is 5.02 Å². The summed E-state index contributed by atoms with van der Waals surface area (Å²) < 4.78 is 19.2. The van der Waals surface area contributed by atoms with E-state index in [4.69, 9.17) is 22.1 Å². The predicted molar refractivity (Wildman–Crippen MR) is 125 cm³/mol. The Bertz CT molecular complexity index is 1170. The molecule has 0 radical (unpaired) electrons. The van der Waals surface area contributed by atoms with Gasteiger partial charge in [-0.15, -0.1) is 5.10 Å². The third-order valence-electron chi connectivity index (χ3n) is 6.22. The predicted octanol–water partition coefficient (Wildman–Crippen LogP) is 2.47. The number of piperidine rings is 1. The highest BCUT2D eigenvalue weighted by molar-refractivity contribution is 6.33. The first kappa shape index (κ1) is 22.4. The summed E-state index contributed by atoms with van der Waals surface area (Å²) in [7, 11) is 0. The quantitative estimate of drug-likeness (QED) is 0.432. The topological polar surface area (TPSA) is 134 Å². The van der Waals surface area contributed by atoms with Crippen molar-refractivity contribution in [2.24, 2.45) is 5.73 Å². The van der Waals surface area contributed by atoms with E-state index in [9.17, 15) is 9.18 Å². The summed E-state index contributed by atoms with van der Waals surface area (Å²) in [6.07, 6.45) is 1.28. The lowest BCUT2D eigenvalue weighted by molar-refractivity contribution is -0.139. The monoisotopic (exact) mass is 486 g/mol. The van der Waals surface area contributed by atoms with Crippen LogP contribution in [-0.2, 0) is 11.2 Å². The lowest BCUT2D eigenvalue weighted by Gasteiger charge is -2.41. The number of fused-ring (bicyclic) bond motifs is 1. The van der Waals surface area contributed by atoms with Gasteiger partial charge in [-0.05, 0) is 48.2 Å². The molecule has 1 amide bonds. The van der Waals surface area contributed by atoms with Crippen molar-refractivity contribution in [1.82, 2.24) is 25.5 Å². The first-order valence-corrected chi connectivity index (χ1v) is 11.3.